The van der Waals surface area contributed by atoms with Crippen LogP contribution in [0.5, 0.6) is 5.75 Å². The second-order valence-corrected chi connectivity index (χ2v) is 7.73. The second kappa shape index (κ2) is 8.30. The lowest BCUT2D eigenvalue weighted by Crippen LogP contribution is -2.42. The Kier molecular flexibility index (Phi) is 5.57. The molecule has 30 heavy (non-hydrogen) atoms. The highest BCUT2D eigenvalue weighted by atomic mass is 16.5. The Morgan fingerprint density at radius 3 is 2.57 bits per heavy atom. The monoisotopic (exact) mass is 405 g/mol. The van der Waals surface area contributed by atoms with E-state index in [1.807, 2.05) is 61.2 Å². The van der Waals surface area contributed by atoms with E-state index in [0.29, 0.717) is 34.7 Å². The van der Waals surface area contributed by atoms with Gasteiger partial charge in [0.2, 0.25) is 5.91 Å². The number of amides is 1. The number of carbonyl (C=O) groups excluding carboxylic acids is 1. The number of hydrogen-bond acceptors (Lipinski definition) is 4. The van der Waals surface area contributed by atoms with Crippen molar-refractivity contribution >= 4 is 16.8 Å². The molecule has 0 N–H and O–H groups in total. The minimum atomic E-state index is -0.356. The molecule has 6 heteroatoms. The molecule has 0 aliphatic heterocycles. The third-order valence-corrected chi connectivity index (χ3v) is 6.05. The van der Waals surface area contributed by atoms with Crippen molar-refractivity contribution in [1.29, 1.82) is 0 Å². The van der Waals surface area contributed by atoms with Crippen LogP contribution in [-0.4, -0.2) is 34.0 Å². The molecule has 1 fully saturated rings. The quantitative estimate of drug-likeness (QED) is 0.619. The Morgan fingerprint density at radius 2 is 1.90 bits per heavy atom. The summed E-state index contributed by atoms with van der Waals surface area (Å²) < 4.78 is 7.13. The smallest absolute Gasteiger partial charge is 0.266 e. The van der Waals surface area contributed by atoms with Gasteiger partial charge in [0.15, 0.2) is 0 Å². The van der Waals surface area contributed by atoms with Gasteiger partial charge in [-0.1, -0.05) is 30.7 Å². The number of para-hydroxylation sites is 3. The molecule has 1 saturated carbocycles. The van der Waals surface area contributed by atoms with Gasteiger partial charge in [-0.25, -0.2) is 4.98 Å². The van der Waals surface area contributed by atoms with Crippen LogP contribution in [0.3, 0.4) is 0 Å². The van der Waals surface area contributed by atoms with E-state index in [2.05, 4.69) is 0 Å². The van der Waals surface area contributed by atoms with Crippen molar-refractivity contribution in [2.24, 2.45) is 5.92 Å². The van der Waals surface area contributed by atoms with Crippen LogP contribution in [0, 0.1) is 5.92 Å². The number of ether oxygens (including phenoxy) is 1. The molecule has 1 heterocycles. The molecule has 156 valence electrons. The van der Waals surface area contributed by atoms with Gasteiger partial charge in [-0.05, 0) is 51.0 Å². The Morgan fingerprint density at radius 1 is 1.20 bits per heavy atom. The average Bonchev–Trinajstić information content (AvgIpc) is 2.73. The first kappa shape index (κ1) is 20.1. The number of benzene rings is 2. The van der Waals surface area contributed by atoms with Crippen LogP contribution in [0.25, 0.3) is 16.6 Å². The first-order valence-corrected chi connectivity index (χ1v) is 10.5. The second-order valence-electron chi connectivity index (χ2n) is 7.73. The van der Waals surface area contributed by atoms with E-state index in [9.17, 15) is 9.59 Å². The zero-order valence-corrected chi connectivity index (χ0v) is 17.7. The van der Waals surface area contributed by atoms with Crippen molar-refractivity contribution in [2.75, 3.05) is 13.7 Å². The molecule has 1 aromatic heterocycles. The number of aromatic nitrogens is 2. The van der Waals surface area contributed by atoms with Crippen LogP contribution in [0.2, 0.25) is 0 Å². The largest absolute Gasteiger partial charge is 0.495 e. The molecule has 4 rings (SSSR count). The molecule has 0 bridgehead atoms. The van der Waals surface area contributed by atoms with Gasteiger partial charge >= 0.3 is 0 Å². The molecule has 0 spiro atoms. The van der Waals surface area contributed by atoms with Crippen molar-refractivity contribution in [3.05, 3.63) is 64.7 Å². The number of rotatable bonds is 6. The fourth-order valence-electron chi connectivity index (χ4n) is 4.13. The summed E-state index contributed by atoms with van der Waals surface area (Å²) in [5.41, 5.74) is 1.08. The van der Waals surface area contributed by atoms with Gasteiger partial charge in [0.1, 0.15) is 11.6 Å². The molecule has 1 unspecified atom stereocenters. The number of hydrogen-bond donors (Lipinski definition) is 0. The molecular formula is C24H27N3O3. The maximum Gasteiger partial charge on any atom is 0.266 e. The normalized spacial score (nSPS) is 14.9. The van der Waals surface area contributed by atoms with Crippen molar-refractivity contribution in [2.45, 2.75) is 39.2 Å². The minimum absolute atomic E-state index is 0.0827. The zero-order valence-electron chi connectivity index (χ0n) is 17.7. The molecule has 1 amide bonds. The van der Waals surface area contributed by atoms with Crippen LogP contribution in [0.4, 0.5) is 0 Å². The highest BCUT2D eigenvalue weighted by Gasteiger charge is 2.33. The lowest BCUT2D eigenvalue weighted by molar-refractivity contribution is -0.140. The Labute approximate surface area is 176 Å². The lowest BCUT2D eigenvalue weighted by Gasteiger charge is -2.35. The first-order chi connectivity index (χ1) is 14.6. The maximum absolute atomic E-state index is 13.6. The maximum atomic E-state index is 13.6. The standard InChI is InChI=1S/C24H27N3O3/c1-4-26(23(28)17-10-9-11-17)16(2)22-25-19-13-6-5-12-18(19)24(29)27(22)20-14-7-8-15-21(20)30-3/h5-8,12-17H,4,9-11H2,1-3H3. The summed E-state index contributed by atoms with van der Waals surface area (Å²) in [6.07, 6.45) is 2.97. The summed E-state index contributed by atoms with van der Waals surface area (Å²) in [5, 5.41) is 0.535. The van der Waals surface area contributed by atoms with E-state index in [4.69, 9.17) is 9.72 Å². The Hall–Kier alpha value is -3.15. The molecular weight excluding hydrogens is 378 g/mol. The number of fused-ring (bicyclic) bond motifs is 1. The molecule has 1 atom stereocenters. The molecule has 6 nitrogen and oxygen atoms in total. The van der Waals surface area contributed by atoms with Crippen molar-refractivity contribution < 1.29 is 9.53 Å². The van der Waals surface area contributed by atoms with Crippen LogP contribution in [-0.2, 0) is 4.79 Å². The SMILES string of the molecule is CCN(C(=O)C1CCC1)C(C)c1nc2ccccc2c(=O)n1-c1ccccc1OC. The summed E-state index contributed by atoms with van der Waals surface area (Å²) >= 11 is 0. The molecule has 2 aromatic carbocycles. The van der Waals surface area contributed by atoms with Gasteiger partial charge in [-0.2, -0.15) is 0 Å². The van der Waals surface area contributed by atoms with Gasteiger partial charge in [0.25, 0.3) is 5.56 Å². The summed E-state index contributed by atoms with van der Waals surface area (Å²) in [6.45, 7) is 4.48. The topological polar surface area (TPSA) is 64.4 Å². The van der Waals surface area contributed by atoms with E-state index in [1.165, 1.54) is 0 Å². The predicted molar refractivity (Wildman–Crippen MR) is 117 cm³/mol. The highest BCUT2D eigenvalue weighted by Crippen LogP contribution is 2.32. The number of nitrogens with zero attached hydrogens (tertiary/aromatic N) is 3. The van der Waals surface area contributed by atoms with Gasteiger partial charge < -0.3 is 9.64 Å². The summed E-state index contributed by atoms with van der Waals surface area (Å²) in [4.78, 5) is 33.3. The fourth-order valence-corrected chi connectivity index (χ4v) is 4.13. The number of carbonyl (C=O) groups is 1. The van der Waals surface area contributed by atoms with Crippen molar-refractivity contribution in [3.8, 4) is 11.4 Å². The molecule has 1 aliphatic rings. The third kappa shape index (κ3) is 3.36. The van der Waals surface area contributed by atoms with Gasteiger partial charge in [-0.3, -0.25) is 14.2 Å². The van der Waals surface area contributed by atoms with Gasteiger partial charge in [0, 0.05) is 12.5 Å². The van der Waals surface area contributed by atoms with Gasteiger partial charge in [-0.15, -0.1) is 0 Å². The molecule has 3 aromatic rings. The number of methoxy groups -OCH3 is 1. The highest BCUT2D eigenvalue weighted by molar-refractivity contribution is 5.81. The van der Waals surface area contributed by atoms with E-state index in [1.54, 1.807) is 17.7 Å². The van der Waals surface area contributed by atoms with Gasteiger partial charge in [0.05, 0.1) is 29.7 Å². The van der Waals surface area contributed by atoms with Crippen LogP contribution in [0.1, 0.15) is 45.0 Å². The van der Waals surface area contributed by atoms with Crippen molar-refractivity contribution in [3.63, 3.8) is 0 Å². The minimum Gasteiger partial charge on any atom is -0.495 e. The van der Waals surface area contributed by atoms with Crippen LogP contribution in [0.15, 0.2) is 53.3 Å². The fraction of sp³-hybridized carbons (Fsp3) is 0.375. The van der Waals surface area contributed by atoms with Crippen molar-refractivity contribution in [1.82, 2.24) is 14.5 Å². The molecule has 0 saturated heterocycles. The predicted octanol–water partition coefficient (Wildman–Crippen LogP) is 4.10. The summed E-state index contributed by atoms with van der Waals surface area (Å²) in [6, 6.07) is 14.4. The summed E-state index contributed by atoms with van der Waals surface area (Å²) in [5.74, 6) is 1.35. The average molecular weight is 405 g/mol. The third-order valence-electron chi connectivity index (χ3n) is 6.05. The molecule has 0 radical (unpaired) electrons. The summed E-state index contributed by atoms with van der Waals surface area (Å²) in [7, 11) is 1.58. The van der Waals surface area contributed by atoms with E-state index < -0.39 is 0 Å². The Bertz CT molecular complexity index is 1130. The first-order valence-electron chi connectivity index (χ1n) is 10.5. The lowest BCUT2D eigenvalue weighted by atomic mass is 9.84. The molecule has 1 aliphatic carbocycles. The van der Waals surface area contributed by atoms with Crippen LogP contribution < -0.4 is 10.3 Å². The van der Waals surface area contributed by atoms with E-state index >= 15 is 0 Å². The Balaban J connectivity index is 1.93. The van der Waals surface area contributed by atoms with Crippen LogP contribution >= 0.6 is 0 Å². The van der Waals surface area contributed by atoms with E-state index in [0.717, 1.165) is 19.3 Å². The zero-order chi connectivity index (χ0) is 21.3. The van der Waals surface area contributed by atoms with E-state index in [-0.39, 0.29) is 23.4 Å².